The maximum Gasteiger partial charge on any atom is 0.323 e. The van der Waals surface area contributed by atoms with Crippen LogP contribution in [0, 0.1) is 11.8 Å². The maximum atomic E-state index is 13.5. The van der Waals surface area contributed by atoms with Crippen molar-refractivity contribution < 1.29 is 33.7 Å². The van der Waals surface area contributed by atoms with Crippen molar-refractivity contribution in [2.45, 2.75) is 258 Å². The lowest BCUT2D eigenvalue weighted by atomic mass is 9.94. The van der Waals surface area contributed by atoms with Gasteiger partial charge in [-0.25, -0.2) is 0 Å². The first-order valence-electron chi connectivity index (χ1n) is 26.9. The van der Waals surface area contributed by atoms with Gasteiger partial charge in [0.2, 0.25) is 0 Å². The second-order valence-electron chi connectivity index (χ2n) is 19.0. The molecule has 3 unspecified atom stereocenters. The van der Waals surface area contributed by atoms with E-state index >= 15 is 0 Å². The summed E-state index contributed by atoms with van der Waals surface area (Å²) in [6.45, 7) is 13.0. The molecule has 9 heteroatoms. The fraction of sp³-hybridized carbons (Fsp3) is 0.943. The van der Waals surface area contributed by atoms with Crippen LogP contribution in [0.1, 0.15) is 246 Å². The summed E-state index contributed by atoms with van der Waals surface area (Å²) in [4.78, 5) is 44.1. The number of aliphatic hydroxyl groups is 1. The molecule has 4 atom stereocenters. The minimum absolute atomic E-state index is 0.00163. The number of likely N-dealkylation sites (tertiary alicyclic amines) is 1. The Balaban J connectivity index is 2.45. The van der Waals surface area contributed by atoms with E-state index in [1.807, 2.05) is 0 Å². The van der Waals surface area contributed by atoms with Gasteiger partial charge in [0, 0.05) is 25.7 Å². The second-order valence-corrected chi connectivity index (χ2v) is 19.0. The zero-order valence-electron chi connectivity index (χ0n) is 41.6. The van der Waals surface area contributed by atoms with Gasteiger partial charge < -0.3 is 24.2 Å². The Bertz CT molecular complexity index is 1040. The Morgan fingerprint density at radius 3 is 1.32 bits per heavy atom. The summed E-state index contributed by atoms with van der Waals surface area (Å²) >= 11 is 0. The van der Waals surface area contributed by atoms with Crippen molar-refractivity contribution in [3.05, 3.63) is 0 Å². The summed E-state index contributed by atoms with van der Waals surface area (Å²) in [5.41, 5.74) is 0. The summed E-state index contributed by atoms with van der Waals surface area (Å²) in [5.74, 6) is -0.0140. The number of ether oxygens (including phenoxy) is 3. The fourth-order valence-electron chi connectivity index (χ4n) is 9.11. The first kappa shape index (κ1) is 58.3. The molecule has 0 amide bonds. The van der Waals surface area contributed by atoms with Gasteiger partial charge in [-0.2, -0.15) is 0 Å². The first-order chi connectivity index (χ1) is 30.3. The lowest BCUT2D eigenvalue weighted by Crippen LogP contribution is -2.38. The van der Waals surface area contributed by atoms with E-state index in [1.54, 1.807) is 0 Å². The highest BCUT2D eigenvalue weighted by Gasteiger charge is 2.39. The smallest absolute Gasteiger partial charge is 0.323 e. The normalized spacial score (nSPS) is 16.5. The number of unbranched alkanes of at least 4 members (excludes halogenated alkanes) is 22. The molecule has 1 aliphatic rings. The summed E-state index contributed by atoms with van der Waals surface area (Å²) in [6, 6.07) is 0.0123. The van der Waals surface area contributed by atoms with Crippen molar-refractivity contribution in [2.24, 2.45) is 11.8 Å². The fourth-order valence-corrected chi connectivity index (χ4v) is 9.11. The zero-order valence-corrected chi connectivity index (χ0v) is 41.6. The number of likely N-dealkylation sites (N-methyl/N-ethyl adjacent to an activating group) is 1. The molecule has 62 heavy (non-hydrogen) atoms. The Morgan fingerprint density at radius 1 is 0.516 bits per heavy atom. The van der Waals surface area contributed by atoms with E-state index in [0.717, 1.165) is 135 Å². The van der Waals surface area contributed by atoms with Crippen LogP contribution in [-0.4, -0.2) is 98.0 Å². The van der Waals surface area contributed by atoms with Crippen molar-refractivity contribution >= 4 is 17.9 Å². The van der Waals surface area contributed by atoms with E-state index in [9.17, 15) is 19.5 Å². The minimum atomic E-state index is -0.246. The van der Waals surface area contributed by atoms with E-state index in [0.29, 0.717) is 19.8 Å². The summed E-state index contributed by atoms with van der Waals surface area (Å²) in [5, 5.41) is 9.41. The molecule has 0 aromatic rings. The predicted molar refractivity (Wildman–Crippen MR) is 258 cm³/mol. The molecule has 366 valence electrons. The number of esters is 3. The monoisotopic (exact) mass is 879 g/mol. The van der Waals surface area contributed by atoms with Gasteiger partial charge in [0.15, 0.2) is 0 Å². The van der Waals surface area contributed by atoms with Crippen LogP contribution in [0.3, 0.4) is 0 Å². The van der Waals surface area contributed by atoms with Gasteiger partial charge in [-0.15, -0.1) is 0 Å². The van der Waals surface area contributed by atoms with Gasteiger partial charge in [-0.1, -0.05) is 169 Å². The Kier molecular flexibility index (Phi) is 39.5. The highest BCUT2D eigenvalue weighted by atomic mass is 16.5. The summed E-state index contributed by atoms with van der Waals surface area (Å²) in [6.07, 6.45) is 37.2. The van der Waals surface area contributed by atoms with Gasteiger partial charge in [0.1, 0.15) is 6.04 Å². The molecule has 0 spiro atoms. The summed E-state index contributed by atoms with van der Waals surface area (Å²) in [7, 11) is 2.09. The van der Waals surface area contributed by atoms with Crippen LogP contribution in [0.15, 0.2) is 0 Å². The van der Waals surface area contributed by atoms with E-state index in [2.05, 4.69) is 44.5 Å². The molecule has 0 radical (unpaired) electrons. The standard InChI is InChI=1S/C53H102N2O7/c1-6-10-14-18-20-28-37-47(35-26-16-12-8-3)51(57)60-42-31-23-22-30-40-55-46-49(54(5)39-34-41-56)45-50(55)53(59)62-44-33-25-24-32-43-61-52(58)48(36-27-17-13-9-4)38-29-21-19-15-11-7-2/h47-50,56H,6-46H2,1-5H3/t47?,48?,49?,50-/m0/s1. The van der Waals surface area contributed by atoms with Crippen molar-refractivity contribution in [3.8, 4) is 0 Å². The largest absolute Gasteiger partial charge is 0.465 e. The molecule has 9 nitrogen and oxygen atoms in total. The molecular weight excluding hydrogens is 777 g/mol. The number of aliphatic hydroxyl groups excluding tert-OH is 1. The van der Waals surface area contributed by atoms with Crippen LogP contribution in [0.25, 0.3) is 0 Å². The second kappa shape index (κ2) is 42.0. The summed E-state index contributed by atoms with van der Waals surface area (Å²) < 4.78 is 17.5. The van der Waals surface area contributed by atoms with Gasteiger partial charge in [-0.05, 0) is 90.6 Å². The quantitative estimate of drug-likeness (QED) is 0.0364. The van der Waals surface area contributed by atoms with E-state index in [4.69, 9.17) is 14.2 Å². The van der Waals surface area contributed by atoms with E-state index in [-0.39, 0.29) is 48.4 Å². The molecule has 0 aromatic heterocycles. The SMILES string of the molecule is CCCCCCCCC(CCCCCC)C(=O)OCCCCCCOC(=O)[C@@H]1CC(N(C)CCCO)CN1CCCCCCOC(=O)C(CCCCCC)CCCCCCCC. The van der Waals surface area contributed by atoms with Crippen LogP contribution in [0.5, 0.6) is 0 Å². The third-order valence-corrected chi connectivity index (χ3v) is 13.3. The van der Waals surface area contributed by atoms with E-state index in [1.165, 1.54) is 103 Å². The number of nitrogens with zero attached hydrogens (tertiary/aromatic N) is 2. The van der Waals surface area contributed by atoms with Gasteiger partial charge in [-0.3, -0.25) is 19.3 Å². The van der Waals surface area contributed by atoms with Crippen LogP contribution in [0.2, 0.25) is 0 Å². The number of rotatable bonds is 45. The van der Waals surface area contributed by atoms with Gasteiger partial charge in [0.05, 0.1) is 31.7 Å². The minimum Gasteiger partial charge on any atom is -0.465 e. The highest BCUT2D eigenvalue weighted by Crippen LogP contribution is 2.25. The lowest BCUT2D eigenvalue weighted by molar-refractivity contribution is -0.150. The van der Waals surface area contributed by atoms with E-state index < -0.39 is 0 Å². The molecule has 1 N–H and O–H groups in total. The molecule has 0 aromatic carbocycles. The van der Waals surface area contributed by atoms with Gasteiger partial charge in [0.25, 0.3) is 0 Å². The third-order valence-electron chi connectivity index (χ3n) is 13.3. The molecule has 1 aliphatic heterocycles. The molecule has 0 aliphatic carbocycles. The van der Waals surface area contributed by atoms with Crippen molar-refractivity contribution in [1.29, 1.82) is 0 Å². The predicted octanol–water partition coefficient (Wildman–Crippen LogP) is 13.2. The van der Waals surface area contributed by atoms with Crippen LogP contribution >= 0.6 is 0 Å². The molecule has 1 fully saturated rings. The topological polar surface area (TPSA) is 106 Å². The van der Waals surface area contributed by atoms with Crippen molar-refractivity contribution in [2.75, 3.05) is 53.1 Å². The molecule has 1 rings (SSSR count). The lowest BCUT2D eigenvalue weighted by Gasteiger charge is -2.24. The Hall–Kier alpha value is -1.71. The number of hydrogen-bond donors (Lipinski definition) is 1. The molecule has 1 heterocycles. The zero-order chi connectivity index (χ0) is 45.3. The Labute approximate surface area is 383 Å². The van der Waals surface area contributed by atoms with Crippen LogP contribution < -0.4 is 0 Å². The molecule has 1 saturated heterocycles. The average molecular weight is 879 g/mol. The number of carbonyl (C=O) groups excluding carboxylic acids is 3. The average Bonchev–Trinajstić information content (AvgIpc) is 3.71. The van der Waals surface area contributed by atoms with Crippen LogP contribution in [-0.2, 0) is 28.6 Å². The molecular formula is C53H102N2O7. The first-order valence-corrected chi connectivity index (χ1v) is 26.9. The number of hydrogen-bond acceptors (Lipinski definition) is 9. The highest BCUT2D eigenvalue weighted by molar-refractivity contribution is 5.76. The van der Waals surface area contributed by atoms with Crippen molar-refractivity contribution in [1.82, 2.24) is 9.80 Å². The third kappa shape index (κ3) is 30.4. The van der Waals surface area contributed by atoms with Gasteiger partial charge >= 0.3 is 17.9 Å². The Morgan fingerprint density at radius 2 is 0.887 bits per heavy atom. The maximum absolute atomic E-state index is 13.5. The van der Waals surface area contributed by atoms with Crippen LogP contribution in [0.4, 0.5) is 0 Å². The molecule has 0 bridgehead atoms. The number of carbonyl (C=O) groups is 3. The van der Waals surface area contributed by atoms with Crippen molar-refractivity contribution in [3.63, 3.8) is 0 Å². The molecule has 0 saturated carbocycles.